The number of amidine groups is 1. The highest BCUT2D eigenvalue weighted by Crippen LogP contribution is 2.35. The Balaban J connectivity index is 0.000000223. The van der Waals surface area contributed by atoms with Gasteiger partial charge in [-0.1, -0.05) is 41.9 Å². The predicted molar refractivity (Wildman–Crippen MR) is 171 cm³/mol. The molecule has 11 N–H and O–H groups in total. The first-order valence-corrected chi connectivity index (χ1v) is 18.9. The number of fused-ring (bicyclic) bond motifs is 1. The molecule has 0 bridgehead atoms. The zero-order chi connectivity index (χ0) is 36.3. The number of hydrogen-bond acceptors (Lipinski definition) is 17. The Morgan fingerprint density at radius 2 is 1.39 bits per heavy atom. The minimum atomic E-state index is -4.15. The van der Waals surface area contributed by atoms with E-state index >= 15 is 0 Å². The Labute approximate surface area is 289 Å². The van der Waals surface area contributed by atoms with Gasteiger partial charge in [0.2, 0.25) is 10.0 Å². The van der Waals surface area contributed by atoms with Crippen LogP contribution in [0.2, 0.25) is 5.02 Å². The average Bonchev–Trinajstić information content (AvgIpc) is 3.04. The van der Waals surface area contributed by atoms with Crippen molar-refractivity contribution in [2.75, 3.05) is 19.0 Å². The summed E-state index contributed by atoms with van der Waals surface area (Å²) in [5.74, 6) is 1.28. The third kappa shape index (κ3) is 9.45. The number of ether oxygens (including phenoxy) is 3. The van der Waals surface area contributed by atoms with Crippen LogP contribution in [0, 0.1) is 0 Å². The zero-order valence-electron chi connectivity index (χ0n) is 25.2. The molecule has 2 fully saturated rings. The molecule has 2 aromatic rings. The normalized spacial score (nSPS) is 32.6. The van der Waals surface area contributed by atoms with Crippen LogP contribution in [-0.4, -0.2) is 144 Å². The van der Waals surface area contributed by atoms with Crippen LogP contribution in [0.1, 0.15) is 5.56 Å². The van der Waals surface area contributed by atoms with Gasteiger partial charge < -0.3 is 55.1 Å². The molecule has 22 heteroatoms. The van der Waals surface area contributed by atoms with Crippen molar-refractivity contribution >= 4 is 54.9 Å². The lowest BCUT2D eigenvalue weighted by Crippen LogP contribution is -2.63. The van der Waals surface area contributed by atoms with Crippen molar-refractivity contribution in [1.29, 1.82) is 0 Å². The second-order valence-electron chi connectivity index (χ2n) is 11.0. The molecule has 0 aliphatic carbocycles. The fourth-order valence-corrected chi connectivity index (χ4v) is 8.13. The SMILES string of the molecule is NS(=O)(=O)c1cc2c(cc1Cl)N=C(CSCc1ccccc1)NS2(=O)=O.OC[C@H]1O[C@H](O[C@H]2O[C@H](CO)[C@@H](O)[C@H](O)[C@H]2O)[C@H](O)[C@@H](O)[C@@H]1O. The minimum absolute atomic E-state index is 0.0801. The molecule has 2 aromatic carbocycles. The van der Waals surface area contributed by atoms with Crippen LogP contribution < -0.4 is 9.86 Å². The summed E-state index contributed by atoms with van der Waals surface area (Å²) in [6.45, 7) is -1.33. The molecule has 3 aliphatic rings. The summed E-state index contributed by atoms with van der Waals surface area (Å²) in [7, 11) is -8.11. The molecular weight excluding hydrogens is 738 g/mol. The summed E-state index contributed by atoms with van der Waals surface area (Å²) in [6.07, 6.45) is -15.6. The van der Waals surface area contributed by atoms with Gasteiger partial charge in [-0.15, -0.1) is 11.8 Å². The zero-order valence-corrected chi connectivity index (χ0v) is 28.4. The van der Waals surface area contributed by atoms with E-state index in [9.17, 15) is 47.5 Å². The molecular formula is C27H36ClN3O15S3. The molecule has 18 nitrogen and oxygen atoms in total. The second kappa shape index (κ2) is 16.5. The summed E-state index contributed by atoms with van der Waals surface area (Å²) in [6, 6.07) is 11.8. The van der Waals surface area contributed by atoms with Gasteiger partial charge in [0.15, 0.2) is 12.6 Å². The monoisotopic (exact) mass is 773 g/mol. The number of nitrogens with two attached hydrogens (primary N) is 1. The van der Waals surface area contributed by atoms with Crippen LogP contribution in [-0.2, 0) is 40.0 Å². The second-order valence-corrected chi connectivity index (χ2v) is 15.5. The number of aliphatic imine (C=N–C) groups is 1. The minimum Gasteiger partial charge on any atom is -0.394 e. The molecule has 0 amide bonds. The van der Waals surface area contributed by atoms with Crippen molar-refractivity contribution in [2.24, 2.45) is 10.1 Å². The molecule has 5 rings (SSSR count). The van der Waals surface area contributed by atoms with Crippen LogP contribution >= 0.6 is 23.4 Å². The van der Waals surface area contributed by atoms with E-state index in [1.807, 2.05) is 30.3 Å². The highest BCUT2D eigenvalue weighted by atomic mass is 35.5. The van der Waals surface area contributed by atoms with Crippen molar-refractivity contribution in [3.05, 3.63) is 53.1 Å². The fourth-order valence-electron chi connectivity index (χ4n) is 4.82. The van der Waals surface area contributed by atoms with Gasteiger partial charge >= 0.3 is 0 Å². The van der Waals surface area contributed by atoms with Crippen LogP contribution in [0.5, 0.6) is 0 Å². The van der Waals surface area contributed by atoms with Crippen molar-refractivity contribution < 1.29 is 71.9 Å². The Bertz CT molecular complexity index is 1650. The van der Waals surface area contributed by atoms with Gasteiger partial charge in [-0.3, -0.25) is 4.72 Å². The van der Waals surface area contributed by atoms with Crippen LogP contribution in [0.4, 0.5) is 5.69 Å². The van der Waals surface area contributed by atoms with E-state index < -0.39 is 99.6 Å². The van der Waals surface area contributed by atoms with Gasteiger partial charge in [0.05, 0.1) is 29.7 Å². The predicted octanol–water partition coefficient (Wildman–Crippen LogP) is -3.15. The molecule has 2 saturated heterocycles. The number of sulfonamides is 2. The highest BCUT2D eigenvalue weighted by Gasteiger charge is 2.49. The van der Waals surface area contributed by atoms with Crippen molar-refractivity contribution in [2.45, 2.75) is 77.0 Å². The Kier molecular flexibility index (Phi) is 13.4. The maximum atomic E-state index is 12.4. The van der Waals surface area contributed by atoms with E-state index in [4.69, 9.17) is 41.2 Å². The van der Waals surface area contributed by atoms with Gasteiger partial charge in [-0.25, -0.2) is 27.0 Å². The summed E-state index contributed by atoms with van der Waals surface area (Å²) in [5, 5.41) is 81.3. The number of rotatable bonds is 9. The van der Waals surface area contributed by atoms with E-state index in [0.717, 1.165) is 11.6 Å². The van der Waals surface area contributed by atoms with E-state index in [0.29, 0.717) is 11.5 Å². The van der Waals surface area contributed by atoms with Crippen molar-refractivity contribution in [3.63, 3.8) is 0 Å². The molecule has 0 saturated carbocycles. The Hall–Kier alpha value is -2.03. The lowest BCUT2D eigenvalue weighted by molar-refractivity contribution is -0.376. The summed E-state index contributed by atoms with van der Waals surface area (Å²) < 4.78 is 65.6. The number of aliphatic hydroxyl groups is 8. The first kappa shape index (κ1) is 39.8. The summed E-state index contributed by atoms with van der Waals surface area (Å²) in [5.41, 5.74) is 1.19. The number of nitrogens with zero attached hydrogens (tertiary/aromatic N) is 1. The average molecular weight is 774 g/mol. The Morgan fingerprint density at radius 3 is 1.88 bits per heavy atom. The van der Waals surface area contributed by atoms with E-state index in [1.54, 1.807) is 0 Å². The van der Waals surface area contributed by atoms with Crippen molar-refractivity contribution in [3.8, 4) is 0 Å². The molecule has 0 spiro atoms. The molecule has 0 unspecified atom stereocenters. The van der Waals surface area contributed by atoms with Gasteiger partial charge in [-0.2, -0.15) is 0 Å². The number of thioether (sulfide) groups is 1. The third-order valence-electron chi connectivity index (χ3n) is 7.43. The van der Waals surface area contributed by atoms with Crippen molar-refractivity contribution in [1.82, 2.24) is 4.72 Å². The van der Waals surface area contributed by atoms with Gasteiger partial charge in [-0.05, 0) is 17.7 Å². The molecule has 274 valence electrons. The topological polar surface area (TPSA) is 308 Å². The van der Waals surface area contributed by atoms with Crippen LogP contribution in [0.25, 0.3) is 0 Å². The Morgan fingerprint density at radius 1 is 0.857 bits per heavy atom. The molecule has 10 atom stereocenters. The number of primary sulfonamides is 1. The largest absolute Gasteiger partial charge is 0.394 e. The van der Waals surface area contributed by atoms with Crippen LogP contribution in [0.3, 0.4) is 0 Å². The van der Waals surface area contributed by atoms with Crippen LogP contribution in [0.15, 0.2) is 57.2 Å². The third-order valence-corrected chi connectivity index (χ3v) is 11.2. The van der Waals surface area contributed by atoms with E-state index in [1.165, 1.54) is 17.8 Å². The fraction of sp³-hybridized carbons (Fsp3) is 0.519. The molecule has 3 aliphatic heterocycles. The number of halogens is 1. The molecule has 3 heterocycles. The lowest BCUT2D eigenvalue weighted by atomic mass is 9.98. The standard InChI is InChI=1S/C15H14ClN3O4S3.C12H22O11/c16-11-6-12-14(7-13(11)25(17,20)21)26(22,23)19-15(18-12)9-24-8-10-4-2-1-3-5-10;13-1-3-5(15)7(17)9(19)11(21-3)23-12-10(20)8(18)6(16)4(2-14)22-12/h1-7H,8-9H2,(H,18,19)(H2,17,20,21);3-20H,1-2H2/t;3-,4-,5-,6-,7+,8+,9-,10-,11-,12-/m.1/s1. The quantitative estimate of drug-likeness (QED) is 0.120. The van der Waals surface area contributed by atoms with Gasteiger partial charge in [0.25, 0.3) is 10.0 Å². The first-order valence-electron chi connectivity index (χ1n) is 14.3. The molecule has 49 heavy (non-hydrogen) atoms. The van der Waals surface area contributed by atoms with E-state index in [-0.39, 0.29) is 21.4 Å². The summed E-state index contributed by atoms with van der Waals surface area (Å²) >= 11 is 7.42. The maximum absolute atomic E-state index is 12.4. The summed E-state index contributed by atoms with van der Waals surface area (Å²) in [4.78, 5) is 3.51. The lowest BCUT2D eigenvalue weighted by Gasteiger charge is -2.44. The smallest absolute Gasteiger partial charge is 0.265 e. The van der Waals surface area contributed by atoms with E-state index in [2.05, 4.69) is 9.71 Å². The highest BCUT2D eigenvalue weighted by molar-refractivity contribution is 7.99. The maximum Gasteiger partial charge on any atom is 0.265 e. The number of nitrogens with one attached hydrogen (secondary N) is 1. The molecule has 0 aromatic heterocycles. The number of benzene rings is 2. The van der Waals surface area contributed by atoms with Gasteiger partial charge in [0.1, 0.15) is 64.5 Å². The number of aliphatic hydroxyl groups excluding tert-OH is 8. The van der Waals surface area contributed by atoms with Gasteiger partial charge in [0, 0.05) is 5.75 Å². The molecule has 0 radical (unpaired) electrons. The first-order chi connectivity index (χ1) is 23.0. The number of hydrogen-bond donors (Lipinski definition) is 10.